The molecule has 106 valence electrons. The first kappa shape index (κ1) is 14.0. The number of rotatable bonds is 6. The second-order valence-electron chi connectivity index (χ2n) is 4.49. The van der Waals surface area contributed by atoms with Crippen molar-refractivity contribution in [1.82, 2.24) is 20.2 Å². The van der Waals surface area contributed by atoms with E-state index in [1.807, 2.05) is 24.3 Å². The molecule has 0 aliphatic heterocycles. The summed E-state index contributed by atoms with van der Waals surface area (Å²) in [5, 5.41) is 20.9. The number of aromatic nitrogens is 4. The zero-order valence-corrected chi connectivity index (χ0v) is 11.4. The number of carbonyl (C=O) groups is 1. The molecule has 1 atom stereocenters. The molecule has 0 spiro atoms. The lowest BCUT2D eigenvalue weighted by atomic mass is 9.96. The first-order valence-electron chi connectivity index (χ1n) is 6.17. The van der Waals surface area contributed by atoms with Crippen molar-refractivity contribution in [1.29, 1.82) is 0 Å². The minimum Gasteiger partial charge on any atom is -0.497 e. The van der Waals surface area contributed by atoms with E-state index in [9.17, 15) is 9.90 Å². The van der Waals surface area contributed by atoms with E-state index < -0.39 is 11.9 Å². The lowest BCUT2D eigenvalue weighted by Crippen LogP contribution is -2.20. The lowest BCUT2D eigenvalue weighted by molar-refractivity contribution is -0.141. The van der Waals surface area contributed by atoms with Gasteiger partial charge in [0.05, 0.1) is 20.1 Å². The van der Waals surface area contributed by atoms with Crippen molar-refractivity contribution in [2.45, 2.75) is 12.8 Å². The fourth-order valence-electron chi connectivity index (χ4n) is 1.96. The Morgan fingerprint density at radius 3 is 2.85 bits per heavy atom. The van der Waals surface area contributed by atoms with Crippen molar-refractivity contribution in [2.24, 2.45) is 13.0 Å². The van der Waals surface area contributed by atoms with Crippen molar-refractivity contribution >= 4 is 5.97 Å². The van der Waals surface area contributed by atoms with Gasteiger partial charge in [-0.15, -0.1) is 10.2 Å². The third kappa shape index (κ3) is 3.53. The molecule has 0 aliphatic rings. The average Bonchev–Trinajstić information content (AvgIpc) is 2.83. The number of carboxylic acids is 1. The standard InChI is InChI=1S/C13H16N4O3/c1-17-15-12(14-16-17)8-10(13(18)19)6-9-4-3-5-11(7-9)20-2/h3-5,7,10H,6,8H2,1-2H3,(H,18,19). The van der Waals surface area contributed by atoms with Crippen LogP contribution in [-0.4, -0.2) is 38.4 Å². The van der Waals surface area contributed by atoms with Crippen LogP contribution < -0.4 is 4.74 Å². The van der Waals surface area contributed by atoms with Gasteiger partial charge in [0.15, 0.2) is 5.82 Å². The quantitative estimate of drug-likeness (QED) is 0.835. The van der Waals surface area contributed by atoms with Gasteiger partial charge in [0, 0.05) is 6.42 Å². The first-order valence-corrected chi connectivity index (χ1v) is 6.17. The SMILES string of the molecule is COc1cccc(CC(Cc2nnn(C)n2)C(=O)O)c1. The Balaban J connectivity index is 2.10. The maximum Gasteiger partial charge on any atom is 0.307 e. The Kier molecular flexibility index (Phi) is 4.29. The molecule has 0 saturated carbocycles. The minimum absolute atomic E-state index is 0.250. The molecule has 7 heteroatoms. The van der Waals surface area contributed by atoms with Crippen LogP contribution in [0, 0.1) is 5.92 Å². The van der Waals surface area contributed by atoms with E-state index in [1.54, 1.807) is 14.2 Å². The van der Waals surface area contributed by atoms with Gasteiger partial charge in [-0.25, -0.2) is 0 Å². The number of nitrogens with zero attached hydrogens (tertiary/aromatic N) is 4. The fraction of sp³-hybridized carbons (Fsp3) is 0.385. The van der Waals surface area contributed by atoms with E-state index in [2.05, 4.69) is 15.4 Å². The van der Waals surface area contributed by atoms with Gasteiger partial charge in [0.2, 0.25) is 0 Å². The highest BCUT2D eigenvalue weighted by atomic mass is 16.5. The van der Waals surface area contributed by atoms with Crippen LogP contribution >= 0.6 is 0 Å². The summed E-state index contributed by atoms with van der Waals surface area (Å²) in [6, 6.07) is 7.37. The molecular weight excluding hydrogens is 260 g/mol. The van der Waals surface area contributed by atoms with Gasteiger partial charge in [-0.1, -0.05) is 12.1 Å². The van der Waals surface area contributed by atoms with Crippen LogP contribution in [0.2, 0.25) is 0 Å². The molecule has 0 aliphatic carbocycles. The van der Waals surface area contributed by atoms with Gasteiger partial charge in [0.25, 0.3) is 0 Å². The van der Waals surface area contributed by atoms with Crippen LogP contribution in [0.4, 0.5) is 0 Å². The van der Waals surface area contributed by atoms with Crippen LogP contribution in [0.3, 0.4) is 0 Å². The summed E-state index contributed by atoms with van der Waals surface area (Å²) < 4.78 is 5.13. The Bertz CT molecular complexity index is 597. The molecule has 20 heavy (non-hydrogen) atoms. The summed E-state index contributed by atoms with van der Waals surface area (Å²) in [5.74, 6) is -0.321. The molecule has 1 unspecified atom stereocenters. The zero-order chi connectivity index (χ0) is 14.5. The largest absolute Gasteiger partial charge is 0.497 e. The molecule has 1 heterocycles. The van der Waals surface area contributed by atoms with E-state index in [4.69, 9.17) is 4.74 Å². The summed E-state index contributed by atoms with van der Waals surface area (Å²) in [5.41, 5.74) is 0.903. The smallest absolute Gasteiger partial charge is 0.307 e. The van der Waals surface area contributed by atoms with Gasteiger partial charge in [0.1, 0.15) is 5.75 Å². The molecule has 1 N–H and O–H groups in total. The Hall–Kier alpha value is -2.44. The Labute approximate surface area is 116 Å². The highest BCUT2D eigenvalue weighted by Gasteiger charge is 2.21. The number of ether oxygens (including phenoxy) is 1. The lowest BCUT2D eigenvalue weighted by Gasteiger charge is -2.11. The van der Waals surface area contributed by atoms with Crippen molar-refractivity contribution in [2.75, 3.05) is 7.11 Å². The Morgan fingerprint density at radius 2 is 2.25 bits per heavy atom. The third-order valence-corrected chi connectivity index (χ3v) is 2.94. The molecule has 0 radical (unpaired) electrons. The molecule has 0 fully saturated rings. The second-order valence-corrected chi connectivity index (χ2v) is 4.49. The summed E-state index contributed by atoms with van der Waals surface area (Å²) in [6.45, 7) is 0. The van der Waals surface area contributed by atoms with Crippen LogP contribution in [-0.2, 0) is 24.7 Å². The number of aliphatic carboxylic acids is 1. The number of hydrogen-bond donors (Lipinski definition) is 1. The molecule has 1 aromatic heterocycles. The fourth-order valence-corrected chi connectivity index (χ4v) is 1.96. The summed E-state index contributed by atoms with van der Waals surface area (Å²) in [6.07, 6.45) is 0.644. The van der Waals surface area contributed by atoms with E-state index in [0.29, 0.717) is 18.0 Å². The second kappa shape index (κ2) is 6.14. The molecule has 0 bridgehead atoms. The number of aryl methyl sites for hydroxylation is 1. The molecular formula is C13H16N4O3. The summed E-state index contributed by atoms with van der Waals surface area (Å²) in [7, 11) is 3.23. The van der Waals surface area contributed by atoms with E-state index in [-0.39, 0.29) is 6.42 Å². The Morgan fingerprint density at radius 1 is 1.45 bits per heavy atom. The molecule has 0 saturated heterocycles. The van der Waals surface area contributed by atoms with Crippen molar-refractivity contribution in [3.05, 3.63) is 35.7 Å². The topological polar surface area (TPSA) is 90.1 Å². The highest BCUT2D eigenvalue weighted by molar-refractivity contribution is 5.70. The molecule has 0 amide bonds. The summed E-state index contributed by atoms with van der Waals surface area (Å²) in [4.78, 5) is 12.7. The van der Waals surface area contributed by atoms with Crippen LogP contribution in [0.25, 0.3) is 0 Å². The number of carboxylic acid groups (broad SMARTS) is 1. The monoisotopic (exact) mass is 276 g/mol. The van der Waals surface area contributed by atoms with E-state index >= 15 is 0 Å². The maximum absolute atomic E-state index is 11.4. The van der Waals surface area contributed by atoms with Gasteiger partial charge < -0.3 is 9.84 Å². The van der Waals surface area contributed by atoms with Crippen molar-refractivity contribution < 1.29 is 14.6 Å². The number of methoxy groups -OCH3 is 1. The number of benzene rings is 1. The molecule has 7 nitrogen and oxygen atoms in total. The third-order valence-electron chi connectivity index (χ3n) is 2.94. The zero-order valence-electron chi connectivity index (χ0n) is 11.4. The molecule has 1 aromatic carbocycles. The maximum atomic E-state index is 11.4. The first-order chi connectivity index (χ1) is 9.58. The van der Waals surface area contributed by atoms with Crippen LogP contribution in [0.15, 0.2) is 24.3 Å². The summed E-state index contributed by atoms with van der Waals surface area (Å²) >= 11 is 0. The van der Waals surface area contributed by atoms with Crippen LogP contribution in [0.1, 0.15) is 11.4 Å². The van der Waals surface area contributed by atoms with Gasteiger partial charge in [-0.2, -0.15) is 4.80 Å². The predicted octanol–water partition coefficient (Wildman–Crippen LogP) is 0.705. The van der Waals surface area contributed by atoms with Crippen molar-refractivity contribution in [3.63, 3.8) is 0 Å². The van der Waals surface area contributed by atoms with E-state index in [1.165, 1.54) is 4.80 Å². The normalized spacial score (nSPS) is 12.1. The van der Waals surface area contributed by atoms with Gasteiger partial charge >= 0.3 is 5.97 Å². The minimum atomic E-state index is -0.875. The van der Waals surface area contributed by atoms with Crippen molar-refractivity contribution in [3.8, 4) is 5.75 Å². The van der Waals surface area contributed by atoms with Gasteiger partial charge in [-0.05, 0) is 29.3 Å². The molecule has 2 aromatic rings. The molecule has 2 rings (SSSR count). The van der Waals surface area contributed by atoms with Gasteiger partial charge in [-0.3, -0.25) is 4.79 Å². The predicted molar refractivity (Wildman–Crippen MR) is 70.3 cm³/mol. The highest BCUT2D eigenvalue weighted by Crippen LogP contribution is 2.18. The van der Waals surface area contributed by atoms with Crippen LogP contribution in [0.5, 0.6) is 5.75 Å². The number of tetrazole rings is 1. The van der Waals surface area contributed by atoms with E-state index in [0.717, 1.165) is 5.56 Å². The number of hydrogen-bond acceptors (Lipinski definition) is 5. The average molecular weight is 276 g/mol.